The van der Waals surface area contributed by atoms with Crippen LogP contribution in [0.1, 0.15) is 11.1 Å². The van der Waals surface area contributed by atoms with E-state index in [2.05, 4.69) is 55.0 Å². The van der Waals surface area contributed by atoms with Crippen LogP contribution in [0.4, 0.5) is 5.69 Å². The van der Waals surface area contributed by atoms with Crippen LogP contribution in [0.3, 0.4) is 0 Å². The van der Waals surface area contributed by atoms with Crippen molar-refractivity contribution in [3.05, 3.63) is 73.7 Å². The molecule has 5 rings (SSSR count). The van der Waals surface area contributed by atoms with E-state index in [1.54, 1.807) is 23.9 Å². The Bertz CT molecular complexity index is 1310. The van der Waals surface area contributed by atoms with Crippen LogP contribution in [0.25, 0.3) is 22.4 Å². The van der Waals surface area contributed by atoms with Crippen molar-refractivity contribution in [2.24, 2.45) is 0 Å². The number of halogens is 2. The molecular formula is C25H19Br2N3O3S. The van der Waals surface area contributed by atoms with E-state index in [0.717, 1.165) is 68.2 Å². The third kappa shape index (κ3) is 4.77. The number of nitriles is 1. The largest absolute Gasteiger partial charge is 0.472 e. The van der Waals surface area contributed by atoms with Gasteiger partial charge in [-0.05, 0) is 56.1 Å². The lowest BCUT2D eigenvalue weighted by molar-refractivity contribution is 0.122. The minimum absolute atomic E-state index is 0.274. The number of nitrogens with zero attached hydrogens (tertiary/aromatic N) is 3. The fourth-order valence-corrected chi connectivity index (χ4v) is 6.06. The zero-order valence-electron chi connectivity index (χ0n) is 18.0. The van der Waals surface area contributed by atoms with Gasteiger partial charge in [0.2, 0.25) is 5.88 Å². The van der Waals surface area contributed by atoms with E-state index in [0.29, 0.717) is 11.4 Å². The van der Waals surface area contributed by atoms with Crippen molar-refractivity contribution in [1.29, 1.82) is 5.26 Å². The summed E-state index contributed by atoms with van der Waals surface area (Å²) in [6, 6.07) is 14.3. The number of aromatic nitrogens is 1. The zero-order chi connectivity index (χ0) is 23.5. The number of morpholine rings is 1. The molecule has 4 heterocycles. The normalized spacial score (nSPS) is 13.6. The Morgan fingerprint density at radius 3 is 2.56 bits per heavy atom. The molecule has 1 aromatic carbocycles. The summed E-state index contributed by atoms with van der Waals surface area (Å²) in [5.74, 6) is 0.290. The average molecular weight is 601 g/mol. The van der Waals surface area contributed by atoms with Gasteiger partial charge in [-0.15, -0.1) is 11.3 Å². The second-order valence-electron chi connectivity index (χ2n) is 7.63. The van der Waals surface area contributed by atoms with Crippen LogP contribution in [-0.2, 0) is 11.3 Å². The lowest BCUT2D eigenvalue weighted by atomic mass is 10.0. The number of furan rings is 1. The molecular weight excluding hydrogens is 582 g/mol. The Morgan fingerprint density at radius 1 is 1.12 bits per heavy atom. The van der Waals surface area contributed by atoms with Crippen LogP contribution >= 0.6 is 43.2 Å². The van der Waals surface area contributed by atoms with Gasteiger partial charge in [-0.25, -0.2) is 4.98 Å². The highest BCUT2D eigenvalue weighted by atomic mass is 79.9. The van der Waals surface area contributed by atoms with Gasteiger partial charge >= 0.3 is 0 Å². The molecule has 9 heteroatoms. The summed E-state index contributed by atoms with van der Waals surface area (Å²) in [6.07, 6.45) is 3.21. The lowest BCUT2D eigenvalue weighted by Gasteiger charge is -2.28. The summed E-state index contributed by atoms with van der Waals surface area (Å²) in [5.41, 5.74) is 5.68. The van der Waals surface area contributed by atoms with Crippen LogP contribution in [-0.4, -0.2) is 31.3 Å². The molecule has 34 heavy (non-hydrogen) atoms. The van der Waals surface area contributed by atoms with Crippen molar-refractivity contribution in [3.63, 3.8) is 0 Å². The number of thiophene rings is 1. The number of ether oxygens (including phenoxy) is 2. The van der Waals surface area contributed by atoms with E-state index >= 15 is 0 Å². The molecule has 1 fully saturated rings. The Kier molecular flexibility index (Phi) is 7.02. The first-order valence-corrected chi connectivity index (χ1v) is 13.1. The summed E-state index contributed by atoms with van der Waals surface area (Å²) in [4.78, 5) is 7.06. The van der Waals surface area contributed by atoms with Crippen molar-refractivity contribution in [3.8, 4) is 34.3 Å². The summed E-state index contributed by atoms with van der Waals surface area (Å²) < 4.78 is 18.8. The molecule has 3 aromatic heterocycles. The maximum atomic E-state index is 9.97. The number of rotatable bonds is 6. The number of pyridine rings is 1. The molecule has 4 aromatic rings. The predicted molar refractivity (Wildman–Crippen MR) is 139 cm³/mol. The summed E-state index contributed by atoms with van der Waals surface area (Å²) in [6.45, 7) is 3.51. The van der Waals surface area contributed by atoms with Crippen molar-refractivity contribution < 1.29 is 13.9 Å². The molecule has 0 saturated carbocycles. The molecule has 0 aliphatic carbocycles. The number of anilines is 1. The molecule has 0 bridgehead atoms. The second-order valence-corrected chi connectivity index (χ2v) is 10.7. The van der Waals surface area contributed by atoms with Crippen LogP contribution < -0.4 is 9.64 Å². The van der Waals surface area contributed by atoms with Gasteiger partial charge in [0, 0.05) is 50.9 Å². The fraction of sp³-hybridized carbons (Fsp3) is 0.200. The van der Waals surface area contributed by atoms with E-state index in [9.17, 15) is 5.26 Å². The molecule has 0 unspecified atom stereocenters. The highest BCUT2D eigenvalue weighted by Crippen LogP contribution is 2.36. The monoisotopic (exact) mass is 599 g/mol. The Morgan fingerprint density at radius 2 is 1.91 bits per heavy atom. The lowest BCUT2D eigenvalue weighted by Crippen LogP contribution is -2.36. The minimum Gasteiger partial charge on any atom is -0.472 e. The van der Waals surface area contributed by atoms with Crippen molar-refractivity contribution >= 4 is 48.9 Å². The third-order valence-electron chi connectivity index (χ3n) is 5.61. The van der Waals surface area contributed by atoms with Crippen molar-refractivity contribution in [2.75, 3.05) is 31.2 Å². The minimum atomic E-state index is 0.274. The molecule has 1 saturated heterocycles. The summed E-state index contributed by atoms with van der Waals surface area (Å²) >= 11 is 8.69. The number of hydrogen-bond donors (Lipinski definition) is 0. The molecule has 172 valence electrons. The van der Waals surface area contributed by atoms with Gasteiger partial charge in [-0.1, -0.05) is 12.1 Å². The molecule has 0 N–H and O–H groups in total. The first-order chi connectivity index (χ1) is 16.6. The molecule has 0 radical (unpaired) electrons. The van der Waals surface area contributed by atoms with Gasteiger partial charge in [-0.2, -0.15) is 5.26 Å². The maximum absolute atomic E-state index is 9.97. The van der Waals surface area contributed by atoms with E-state index in [4.69, 9.17) is 18.9 Å². The SMILES string of the molecule is N#Cc1c(-c2ccoc2)cc(-c2ccc(N3CCOCC3)cc2)nc1OCc1c(Br)csc1Br. The van der Waals surface area contributed by atoms with Gasteiger partial charge in [0.15, 0.2) is 0 Å². The molecule has 0 amide bonds. The average Bonchev–Trinajstić information content (AvgIpc) is 3.53. The fourth-order valence-electron chi connectivity index (χ4n) is 3.80. The molecule has 6 nitrogen and oxygen atoms in total. The van der Waals surface area contributed by atoms with Gasteiger partial charge in [0.05, 0.1) is 35.2 Å². The zero-order valence-corrected chi connectivity index (χ0v) is 22.0. The highest BCUT2D eigenvalue weighted by molar-refractivity contribution is 9.11. The van der Waals surface area contributed by atoms with Gasteiger partial charge in [-0.3, -0.25) is 0 Å². The van der Waals surface area contributed by atoms with Gasteiger partial charge in [0.25, 0.3) is 0 Å². The Labute approximate surface area is 218 Å². The van der Waals surface area contributed by atoms with Crippen molar-refractivity contribution in [2.45, 2.75) is 6.61 Å². The summed E-state index contributed by atoms with van der Waals surface area (Å²) in [7, 11) is 0. The van der Waals surface area contributed by atoms with E-state index in [1.165, 1.54) is 0 Å². The number of hydrogen-bond acceptors (Lipinski definition) is 7. The van der Waals surface area contributed by atoms with E-state index < -0.39 is 0 Å². The van der Waals surface area contributed by atoms with E-state index in [-0.39, 0.29) is 6.61 Å². The topological polar surface area (TPSA) is 71.5 Å². The maximum Gasteiger partial charge on any atom is 0.233 e. The first-order valence-electron chi connectivity index (χ1n) is 10.6. The summed E-state index contributed by atoms with van der Waals surface area (Å²) in [5, 5.41) is 12.0. The molecule has 0 spiro atoms. The predicted octanol–water partition coefficient (Wildman–Crippen LogP) is 6.88. The third-order valence-corrected chi connectivity index (χ3v) is 8.47. The highest BCUT2D eigenvalue weighted by Gasteiger charge is 2.19. The van der Waals surface area contributed by atoms with Crippen LogP contribution in [0.5, 0.6) is 5.88 Å². The quantitative estimate of drug-likeness (QED) is 0.240. The van der Waals surface area contributed by atoms with Crippen LogP contribution in [0.2, 0.25) is 0 Å². The molecule has 0 atom stereocenters. The van der Waals surface area contributed by atoms with Gasteiger partial charge < -0.3 is 18.8 Å². The Balaban J connectivity index is 1.52. The smallest absolute Gasteiger partial charge is 0.233 e. The first kappa shape index (κ1) is 23.1. The van der Waals surface area contributed by atoms with Gasteiger partial charge in [0.1, 0.15) is 18.2 Å². The molecule has 1 aliphatic heterocycles. The van der Waals surface area contributed by atoms with Crippen LogP contribution in [0, 0.1) is 11.3 Å². The molecule has 1 aliphatic rings. The standard InChI is InChI=1S/C25H19Br2N3O3S/c26-22-15-34-24(27)21(22)14-33-25-20(12-28)19(17-5-8-32-13-17)11-23(29-25)16-1-3-18(4-2-16)30-6-9-31-10-7-30/h1-5,8,11,13,15H,6-7,9-10,14H2. The van der Waals surface area contributed by atoms with Crippen LogP contribution in [0.15, 0.2) is 67.0 Å². The second kappa shape index (κ2) is 10.3. The van der Waals surface area contributed by atoms with E-state index in [1.807, 2.05) is 29.6 Å². The Hall–Kier alpha value is -2.64. The van der Waals surface area contributed by atoms with Crippen molar-refractivity contribution in [1.82, 2.24) is 4.98 Å². The number of benzene rings is 1.